The molecular weight excluding hydrogens is 784 g/mol. The Morgan fingerprint density at radius 3 is 0.767 bits per heavy atom. The monoisotopic (exact) mass is 837 g/mol. The Morgan fingerprint density at radius 2 is 0.500 bits per heavy atom. The Bertz CT molecular complexity index is 1940. The molecule has 0 N–H and O–H groups in total. The molecular formula is C46H54F7N7. The van der Waals surface area contributed by atoms with E-state index in [2.05, 4.69) is 59.2 Å². The van der Waals surface area contributed by atoms with E-state index in [4.69, 9.17) is 0 Å². The fourth-order valence-electron chi connectivity index (χ4n) is 4.46. The van der Waals surface area contributed by atoms with Gasteiger partial charge < -0.3 is 0 Å². The van der Waals surface area contributed by atoms with Crippen LogP contribution in [0.15, 0.2) is 165 Å². The maximum absolute atomic E-state index is 9.50. The summed E-state index contributed by atoms with van der Waals surface area (Å²) < 4.78 is 66.5. The second-order valence-corrected chi connectivity index (χ2v) is 9.48. The van der Waals surface area contributed by atoms with Crippen LogP contribution in [0.1, 0.15) is 13.8 Å². The Labute approximate surface area is 349 Å². The number of fused-ring (bicyclic) bond motifs is 3. The van der Waals surface area contributed by atoms with Crippen molar-refractivity contribution in [3.8, 4) is 34.2 Å². The van der Waals surface area contributed by atoms with E-state index < -0.39 is 0 Å². The van der Waals surface area contributed by atoms with Crippen molar-refractivity contribution >= 4 is 21.8 Å². The van der Waals surface area contributed by atoms with Crippen LogP contribution in [0.5, 0.6) is 0 Å². The molecule has 0 aliphatic heterocycles. The van der Waals surface area contributed by atoms with Crippen molar-refractivity contribution in [3.63, 3.8) is 0 Å². The van der Waals surface area contributed by atoms with Crippen molar-refractivity contribution in [2.24, 2.45) is 0 Å². The lowest BCUT2D eigenvalue weighted by atomic mass is 10.1. The summed E-state index contributed by atoms with van der Waals surface area (Å²) in [5.74, 6) is 0. The van der Waals surface area contributed by atoms with Crippen molar-refractivity contribution in [3.05, 3.63) is 165 Å². The Balaban J connectivity index is -0.000000703. The SMILES string of the molecule is CC.CF.CF.CF.CF.CF.CF.CF.c1ccc(-c2cccc(-c3ccccn3)n2)nc1.c1ccc(-c2ccccn2)nc1.c1cnc2c(c1)ccc1cccnc12. The highest BCUT2D eigenvalue weighted by atomic mass is 19.1. The van der Waals surface area contributed by atoms with Gasteiger partial charge in [-0.15, -0.1) is 0 Å². The molecule has 1 aromatic carbocycles. The molecule has 0 saturated carbocycles. The highest BCUT2D eigenvalue weighted by molar-refractivity contribution is 6.02. The number of aromatic nitrogens is 7. The fourth-order valence-corrected chi connectivity index (χ4v) is 4.46. The molecule has 0 unspecified atom stereocenters. The molecule has 8 rings (SSSR count). The van der Waals surface area contributed by atoms with Gasteiger partial charge in [-0.1, -0.05) is 68.4 Å². The third kappa shape index (κ3) is 21.2. The first-order chi connectivity index (χ1) is 29.8. The zero-order valence-corrected chi connectivity index (χ0v) is 35.4. The first kappa shape index (κ1) is 57.6. The third-order valence-electron chi connectivity index (χ3n) is 6.54. The molecule has 7 nitrogen and oxygen atoms in total. The molecule has 0 fully saturated rings. The van der Waals surface area contributed by atoms with Gasteiger partial charge in [-0.2, -0.15) is 0 Å². The maximum atomic E-state index is 9.50. The largest absolute Gasteiger partial charge is 0.255 e. The summed E-state index contributed by atoms with van der Waals surface area (Å²) in [4.78, 5) is 30.3. The van der Waals surface area contributed by atoms with E-state index >= 15 is 0 Å². The van der Waals surface area contributed by atoms with E-state index in [9.17, 15) is 30.7 Å². The molecule has 0 aliphatic rings. The molecule has 0 aliphatic carbocycles. The van der Waals surface area contributed by atoms with Crippen LogP contribution in [0.4, 0.5) is 30.7 Å². The Hall–Kier alpha value is -6.70. The third-order valence-corrected chi connectivity index (χ3v) is 6.54. The fraction of sp³-hybridized carbons (Fsp3) is 0.196. The standard InChI is InChI=1S/C15H11N3.C12H8N2.C10H8N2.C2H6.7CH3F/c1-3-10-16-12(6-1)14-8-5-9-15(18-14)13-7-2-4-11-17-13;1-3-9-5-6-10-4-2-8-14-12(10)11(9)13-7-1;1-3-7-11-9(5-1)10-6-2-4-8-12-10;8*1-2/h1-11H;1-8H;1-8H;1-2H3;7*1H3. The van der Waals surface area contributed by atoms with Crippen molar-refractivity contribution < 1.29 is 30.7 Å². The van der Waals surface area contributed by atoms with E-state index in [1.807, 2.05) is 117 Å². The van der Waals surface area contributed by atoms with E-state index in [1.54, 1.807) is 37.2 Å². The lowest BCUT2D eigenvalue weighted by molar-refractivity contribution is 0.635. The number of alkyl halides is 7. The van der Waals surface area contributed by atoms with Crippen LogP contribution < -0.4 is 0 Å². The Morgan fingerprint density at radius 1 is 0.250 bits per heavy atom. The molecule has 14 heteroatoms. The van der Waals surface area contributed by atoms with Gasteiger partial charge in [-0.3, -0.25) is 60.6 Å². The van der Waals surface area contributed by atoms with E-state index in [-0.39, 0.29) is 0 Å². The van der Waals surface area contributed by atoms with E-state index in [0.717, 1.165) is 56.0 Å². The summed E-state index contributed by atoms with van der Waals surface area (Å²) in [5.41, 5.74) is 7.25. The van der Waals surface area contributed by atoms with Crippen molar-refractivity contribution in [2.45, 2.75) is 13.8 Å². The van der Waals surface area contributed by atoms with Gasteiger partial charge in [0.05, 0.1) is 95.4 Å². The summed E-state index contributed by atoms with van der Waals surface area (Å²) in [6.07, 6.45) is 10.7. The Kier molecular flexibility index (Phi) is 40.3. The van der Waals surface area contributed by atoms with E-state index in [0.29, 0.717) is 50.2 Å². The van der Waals surface area contributed by atoms with E-state index in [1.165, 1.54) is 0 Å². The molecule has 8 aromatic rings. The number of pyridine rings is 7. The number of hydrogen-bond acceptors (Lipinski definition) is 7. The maximum Gasteiger partial charge on any atom is 0.0964 e. The van der Waals surface area contributed by atoms with Gasteiger partial charge in [0.1, 0.15) is 0 Å². The smallest absolute Gasteiger partial charge is 0.0964 e. The minimum Gasteiger partial charge on any atom is -0.255 e. The van der Waals surface area contributed by atoms with Gasteiger partial charge in [0.25, 0.3) is 0 Å². The average Bonchev–Trinajstić information content (AvgIpc) is 3.40. The highest BCUT2D eigenvalue weighted by Gasteiger charge is 2.04. The van der Waals surface area contributed by atoms with Gasteiger partial charge in [0, 0.05) is 48.0 Å². The molecule has 322 valence electrons. The van der Waals surface area contributed by atoms with Gasteiger partial charge in [-0.25, -0.2) is 4.98 Å². The van der Waals surface area contributed by atoms with Gasteiger partial charge in [0.2, 0.25) is 0 Å². The predicted octanol–water partition coefficient (Wildman–Crippen LogP) is 13.3. The van der Waals surface area contributed by atoms with Gasteiger partial charge in [0.15, 0.2) is 0 Å². The number of halogens is 7. The number of hydrogen-bond donors (Lipinski definition) is 0. The molecule has 0 bridgehead atoms. The molecule has 7 aromatic heterocycles. The van der Waals surface area contributed by atoms with Crippen LogP contribution in [0.25, 0.3) is 56.0 Å². The molecule has 0 amide bonds. The van der Waals surface area contributed by atoms with Crippen molar-refractivity contribution in [1.29, 1.82) is 0 Å². The van der Waals surface area contributed by atoms with Crippen LogP contribution in [0.3, 0.4) is 0 Å². The van der Waals surface area contributed by atoms with Gasteiger partial charge >= 0.3 is 0 Å². The summed E-state index contributed by atoms with van der Waals surface area (Å²) in [6, 6.07) is 41.2. The summed E-state index contributed by atoms with van der Waals surface area (Å²) in [6.45, 7) is 4.00. The first-order valence-corrected chi connectivity index (χ1v) is 17.7. The minimum atomic E-state index is 0.500. The number of benzene rings is 1. The van der Waals surface area contributed by atoms with Crippen molar-refractivity contribution in [1.82, 2.24) is 34.9 Å². The lowest BCUT2D eigenvalue weighted by Gasteiger charge is -2.03. The van der Waals surface area contributed by atoms with Crippen LogP contribution in [0, 0.1) is 0 Å². The molecule has 0 saturated heterocycles. The van der Waals surface area contributed by atoms with Crippen LogP contribution in [-0.2, 0) is 0 Å². The molecule has 60 heavy (non-hydrogen) atoms. The second-order valence-electron chi connectivity index (χ2n) is 9.48. The first-order valence-electron chi connectivity index (χ1n) is 17.7. The van der Waals surface area contributed by atoms with Crippen LogP contribution in [0.2, 0.25) is 0 Å². The molecule has 7 heterocycles. The van der Waals surface area contributed by atoms with Crippen LogP contribution >= 0.6 is 0 Å². The summed E-state index contributed by atoms with van der Waals surface area (Å²) in [7, 11) is 3.50. The topological polar surface area (TPSA) is 90.2 Å². The van der Waals surface area contributed by atoms with Crippen molar-refractivity contribution in [2.75, 3.05) is 50.2 Å². The normalized spacial score (nSPS) is 8.33. The summed E-state index contributed by atoms with van der Waals surface area (Å²) >= 11 is 0. The average molecular weight is 838 g/mol. The number of rotatable bonds is 3. The minimum absolute atomic E-state index is 0.500. The summed E-state index contributed by atoms with van der Waals surface area (Å²) in [5, 5.41) is 2.28. The zero-order chi connectivity index (χ0) is 45.8. The molecule has 0 radical (unpaired) electrons. The molecule has 0 atom stereocenters. The highest BCUT2D eigenvalue weighted by Crippen LogP contribution is 2.21. The molecule has 0 spiro atoms. The second kappa shape index (κ2) is 41.9. The number of nitrogens with zero attached hydrogens (tertiary/aromatic N) is 7. The lowest BCUT2D eigenvalue weighted by Crippen LogP contribution is -1.90. The predicted molar refractivity (Wildman–Crippen MR) is 236 cm³/mol. The quantitative estimate of drug-likeness (QED) is 0.129. The van der Waals surface area contributed by atoms with Crippen LogP contribution in [-0.4, -0.2) is 85.1 Å². The van der Waals surface area contributed by atoms with Gasteiger partial charge in [-0.05, 0) is 72.8 Å². The zero-order valence-electron chi connectivity index (χ0n) is 35.4.